The van der Waals surface area contributed by atoms with Crippen molar-refractivity contribution in [1.29, 1.82) is 0 Å². The van der Waals surface area contributed by atoms with E-state index in [0.29, 0.717) is 16.9 Å². The first-order chi connectivity index (χ1) is 9.69. The number of pyridine rings is 1. The Morgan fingerprint density at radius 3 is 2.85 bits per heavy atom. The maximum atomic E-state index is 6.43. The van der Waals surface area contributed by atoms with Gasteiger partial charge in [0, 0.05) is 16.9 Å². The van der Waals surface area contributed by atoms with Crippen LogP contribution in [0.15, 0.2) is 30.5 Å². The zero-order valence-electron chi connectivity index (χ0n) is 10.8. The second-order valence-electron chi connectivity index (χ2n) is 4.56. The van der Waals surface area contributed by atoms with Crippen LogP contribution in [0.4, 0.5) is 0 Å². The van der Waals surface area contributed by atoms with Gasteiger partial charge in [-0.15, -0.1) is 5.10 Å². The van der Waals surface area contributed by atoms with Gasteiger partial charge < -0.3 is 0 Å². The Morgan fingerprint density at radius 2 is 2.10 bits per heavy atom. The molecule has 4 nitrogen and oxygen atoms in total. The summed E-state index contributed by atoms with van der Waals surface area (Å²) in [7, 11) is 0. The van der Waals surface area contributed by atoms with Gasteiger partial charge >= 0.3 is 0 Å². The largest absolute Gasteiger partial charge is 0.249 e. The number of fused-ring (bicyclic) bond motifs is 1. The Kier molecular flexibility index (Phi) is 3.72. The lowest BCUT2D eigenvalue weighted by Gasteiger charge is -2.09. The van der Waals surface area contributed by atoms with E-state index in [4.69, 9.17) is 11.6 Å². The molecule has 20 heavy (non-hydrogen) atoms. The van der Waals surface area contributed by atoms with Crippen LogP contribution >= 0.6 is 27.5 Å². The predicted molar refractivity (Wildman–Crippen MR) is 83.2 cm³/mol. The fraction of sp³-hybridized carbons (Fsp3) is 0.214. The Hall–Kier alpha value is -1.46. The summed E-state index contributed by atoms with van der Waals surface area (Å²) < 4.78 is 1.75. The summed E-state index contributed by atoms with van der Waals surface area (Å²) in [5.41, 5.74) is 3.70. The fourth-order valence-electron chi connectivity index (χ4n) is 2.15. The monoisotopic (exact) mass is 350 g/mol. The average molecular weight is 352 g/mol. The van der Waals surface area contributed by atoms with Crippen LogP contribution in [0.3, 0.4) is 0 Å². The normalized spacial score (nSPS) is 11.2. The number of nitrogens with zero attached hydrogens (tertiary/aromatic N) is 4. The molecule has 0 unspecified atom stereocenters. The highest BCUT2D eigenvalue weighted by Gasteiger charge is 2.11. The molecule has 0 aliphatic heterocycles. The summed E-state index contributed by atoms with van der Waals surface area (Å²) in [6, 6.07) is 8.00. The van der Waals surface area contributed by atoms with Crippen molar-refractivity contribution in [3.05, 3.63) is 52.4 Å². The number of para-hydroxylation sites is 1. The van der Waals surface area contributed by atoms with E-state index in [0.717, 1.165) is 27.9 Å². The van der Waals surface area contributed by atoms with Gasteiger partial charge in [0.1, 0.15) is 0 Å². The first-order valence-corrected chi connectivity index (χ1v) is 7.67. The van der Waals surface area contributed by atoms with Crippen molar-refractivity contribution in [1.82, 2.24) is 20.0 Å². The average Bonchev–Trinajstić information content (AvgIpc) is 2.92. The second-order valence-corrected chi connectivity index (χ2v) is 5.49. The van der Waals surface area contributed by atoms with Crippen LogP contribution in [-0.4, -0.2) is 20.0 Å². The number of alkyl halides is 1. The van der Waals surface area contributed by atoms with Gasteiger partial charge in [0.25, 0.3) is 0 Å². The molecule has 0 aliphatic rings. The molecule has 1 aromatic carbocycles. The van der Waals surface area contributed by atoms with Crippen LogP contribution in [0.1, 0.15) is 17.0 Å². The zero-order chi connectivity index (χ0) is 14.1. The summed E-state index contributed by atoms with van der Waals surface area (Å²) in [6.45, 7) is 2.53. The van der Waals surface area contributed by atoms with Crippen LogP contribution < -0.4 is 0 Å². The molecule has 0 spiro atoms. The van der Waals surface area contributed by atoms with E-state index in [-0.39, 0.29) is 0 Å². The first-order valence-electron chi connectivity index (χ1n) is 6.17. The third-order valence-electron chi connectivity index (χ3n) is 3.18. The Morgan fingerprint density at radius 1 is 1.30 bits per heavy atom. The fourth-order valence-corrected chi connectivity index (χ4v) is 2.61. The minimum atomic E-state index is 0.518. The van der Waals surface area contributed by atoms with Gasteiger partial charge in [-0.1, -0.05) is 50.9 Å². The molecule has 0 aliphatic carbocycles. The minimum absolute atomic E-state index is 0.518. The maximum absolute atomic E-state index is 6.43. The van der Waals surface area contributed by atoms with Crippen LogP contribution in [0.25, 0.3) is 10.9 Å². The van der Waals surface area contributed by atoms with E-state index in [9.17, 15) is 0 Å². The molecular formula is C14H12BrClN4. The Balaban J connectivity index is 2.05. The van der Waals surface area contributed by atoms with Crippen molar-refractivity contribution >= 4 is 38.4 Å². The van der Waals surface area contributed by atoms with Crippen molar-refractivity contribution in [2.45, 2.75) is 18.8 Å². The third kappa shape index (κ3) is 2.43. The predicted octanol–water partition coefficient (Wildman–Crippen LogP) is 3.73. The Bertz CT molecular complexity index is 769. The van der Waals surface area contributed by atoms with Crippen molar-refractivity contribution in [3.8, 4) is 0 Å². The standard InChI is InChI=1S/C14H12BrClN4/c1-9-11-4-2-3-5-12(11)17-13(14(9)16)8-20-7-10(6-15)18-19-20/h2-5,7H,6,8H2,1H3. The molecule has 2 heterocycles. The number of benzene rings is 1. The number of aryl methyl sites for hydroxylation is 1. The molecule has 0 bridgehead atoms. The summed E-state index contributed by atoms with van der Waals surface area (Å²) in [5.74, 6) is 0. The maximum Gasteiger partial charge on any atom is 0.0932 e. The molecule has 0 fully saturated rings. The van der Waals surface area contributed by atoms with Gasteiger partial charge in [-0.2, -0.15) is 0 Å². The quantitative estimate of drug-likeness (QED) is 0.675. The molecule has 0 radical (unpaired) electrons. The Labute approximate surface area is 129 Å². The van der Waals surface area contributed by atoms with Gasteiger partial charge in [0.05, 0.1) is 28.5 Å². The zero-order valence-corrected chi connectivity index (χ0v) is 13.2. The summed E-state index contributed by atoms with van der Waals surface area (Å²) in [6.07, 6.45) is 1.89. The highest BCUT2D eigenvalue weighted by atomic mass is 79.9. The molecule has 2 aromatic heterocycles. The van der Waals surface area contributed by atoms with Gasteiger partial charge in [-0.05, 0) is 18.6 Å². The van der Waals surface area contributed by atoms with Gasteiger partial charge in [0.2, 0.25) is 0 Å². The number of rotatable bonds is 3. The molecular weight excluding hydrogens is 340 g/mol. The minimum Gasteiger partial charge on any atom is -0.249 e. The summed E-state index contributed by atoms with van der Waals surface area (Å²) in [5, 5.41) is 10.6. The molecule has 3 aromatic rings. The highest BCUT2D eigenvalue weighted by molar-refractivity contribution is 9.08. The van der Waals surface area contributed by atoms with Crippen LogP contribution in [0, 0.1) is 6.92 Å². The molecule has 6 heteroatoms. The lowest BCUT2D eigenvalue weighted by molar-refractivity contribution is 0.640. The number of halogens is 2. The molecule has 0 amide bonds. The highest BCUT2D eigenvalue weighted by Crippen LogP contribution is 2.27. The molecule has 0 N–H and O–H groups in total. The van der Waals surface area contributed by atoms with Crippen molar-refractivity contribution < 1.29 is 0 Å². The van der Waals surface area contributed by atoms with Crippen molar-refractivity contribution in [2.75, 3.05) is 0 Å². The lowest BCUT2D eigenvalue weighted by Crippen LogP contribution is -2.05. The smallest absolute Gasteiger partial charge is 0.0932 e. The number of hydrogen-bond donors (Lipinski definition) is 0. The second kappa shape index (κ2) is 5.50. The van der Waals surface area contributed by atoms with Crippen LogP contribution in [-0.2, 0) is 11.9 Å². The first kappa shape index (κ1) is 13.5. The van der Waals surface area contributed by atoms with Crippen molar-refractivity contribution in [2.24, 2.45) is 0 Å². The summed E-state index contributed by atoms with van der Waals surface area (Å²) in [4.78, 5) is 4.63. The van der Waals surface area contributed by atoms with E-state index in [2.05, 4.69) is 31.2 Å². The van der Waals surface area contributed by atoms with Crippen LogP contribution in [0.2, 0.25) is 5.02 Å². The van der Waals surface area contributed by atoms with Gasteiger partial charge in [-0.25, -0.2) is 9.67 Å². The van der Waals surface area contributed by atoms with Gasteiger partial charge in [-0.3, -0.25) is 0 Å². The lowest BCUT2D eigenvalue weighted by atomic mass is 10.1. The number of hydrogen-bond acceptors (Lipinski definition) is 3. The molecule has 102 valence electrons. The molecule has 0 saturated carbocycles. The van der Waals surface area contributed by atoms with E-state index in [1.165, 1.54) is 0 Å². The SMILES string of the molecule is Cc1c(Cl)c(Cn2cc(CBr)nn2)nc2ccccc12. The summed E-state index contributed by atoms with van der Waals surface area (Å²) >= 11 is 9.79. The van der Waals surface area contributed by atoms with E-state index in [1.54, 1.807) is 4.68 Å². The third-order valence-corrected chi connectivity index (χ3v) is 4.26. The van der Waals surface area contributed by atoms with Crippen molar-refractivity contribution in [3.63, 3.8) is 0 Å². The molecule has 0 atom stereocenters. The number of aromatic nitrogens is 4. The topological polar surface area (TPSA) is 43.6 Å². The van der Waals surface area contributed by atoms with E-state index >= 15 is 0 Å². The van der Waals surface area contributed by atoms with Crippen LogP contribution in [0.5, 0.6) is 0 Å². The van der Waals surface area contributed by atoms with E-state index in [1.807, 2.05) is 37.4 Å². The van der Waals surface area contributed by atoms with E-state index < -0.39 is 0 Å². The molecule has 3 rings (SSSR count). The van der Waals surface area contributed by atoms with Gasteiger partial charge in [0.15, 0.2) is 0 Å². The molecule has 0 saturated heterocycles.